The molecule has 0 aliphatic heterocycles. The minimum atomic E-state index is -1.69. The summed E-state index contributed by atoms with van der Waals surface area (Å²) in [5, 5.41) is 9.39. The van der Waals surface area contributed by atoms with Gasteiger partial charge in [0.05, 0.1) is 0 Å². The number of ether oxygens (including phenoxy) is 2. The van der Waals surface area contributed by atoms with Gasteiger partial charge in [-0.1, -0.05) is 59.4 Å². The summed E-state index contributed by atoms with van der Waals surface area (Å²) >= 11 is 22.7. The Morgan fingerprint density at radius 2 is 2.00 bits per heavy atom. The van der Waals surface area contributed by atoms with Gasteiger partial charge in [-0.05, 0) is 12.1 Å². The Labute approximate surface area is 131 Å². The number of aliphatic hydroxyl groups is 1. The molecule has 0 saturated carbocycles. The van der Waals surface area contributed by atoms with Crippen LogP contribution in [0.15, 0.2) is 34.8 Å². The quantitative estimate of drug-likeness (QED) is 0.603. The molecule has 0 bridgehead atoms. The van der Waals surface area contributed by atoms with Gasteiger partial charge in [0.25, 0.3) is 4.52 Å². The van der Waals surface area contributed by atoms with Gasteiger partial charge in [0.2, 0.25) is 0 Å². The van der Waals surface area contributed by atoms with Gasteiger partial charge in [0, 0.05) is 18.6 Å². The lowest BCUT2D eigenvalue weighted by atomic mass is 10.3. The monoisotopic (exact) mass is 344 g/mol. The highest BCUT2D eigenvalue weighted by Crippen LogP contribution is 2.32. The topological polar surface area (TPSA) is 38.7 Å². The molecule has 106 valence electrons. The highest BCUT2D eigenvalue weighted by atomic mass is 35.5. The number of rotatable bonds is 6. The van der Waals surface area contributed by atoms with Crippen LogP contribution in [-0.4, -0.2) is 15.9 Å². The van der Waals surface area contributed by atoms with Crippen LogP contribution in [0.5, 0.6) is 11.5 Å². The normalized spacial score (nSPS) is 12.7. The number of alkyl halides is 2. The molecule has 0 heterocycles. The third-order valence-electron chi connectivity index (χ3n) is 1.96. The maximum absolute atomic E-state index is 9.39. The van der Waals surface area contributed by atoms with E-state index < -0.39 is 10.8 Å². The summed E-state index contributed by atoms with van der Waals surface area (Å²) in [6, 6.07) is 6.50. The molecule has 1 aromatic carbocycles. The van der Waals surface area contributed by atoms with E-state index in [9.17, 15) is 5.11 Å². The molecule has 0 aromatic heterocycles. The zero-order chi connectivity index (χ0) is 14.5. The molecule has 1 N–H and O–H groups in total. The fraction of sp³-hybridized carbons (Fsp3) is 0.333. The molecule has 0 saturated heterocycles. The van der Waals surface area contributed by atoms with Crippen LogP contribution in [0.4, 0.5) is 0 Å². The first-order valence-corrected chi connectivity index (χ1v) is 6.89. The third-order valence-corrected chi connectivity index (χ3v) is 2.55. The lowest BCUT2D eigenvalue weighted by molar-refractivity contribution is -0.0192. The number of benzene rings is 1. The predicted octanol–water partition coefficient (Wildman–Crippen LogP) is 4.62. The molecule has 19 heavy (non-hydrogen) atoms. The molecule has 0 amide bonds. The van der Waals surface area contributed by atoms with E-state index in [1.54, 1.807) is 25.1 Å². The Kier molecular flexibility index (Phi) is 6.57. The molecule has 1 unspecified atom stereocenters. The second kappa shape index (κ2) is 7.46. The van der Waals surface area contributed by atoms with E-state index in [4.69, 9.17) is 55.9 Å². The Hall–Kier alpha value is -0.320. The van der Waals surface area contributed by atoms with Gasteiger partial charge in [0.15, 0.2) is 6.29 Å². The second-order valence-corrected chi connectivity index (χ2v) is 5.88. The summed E-state index contributed by atoms with van der Waals surface area (Å²) in [6.45, 7) is 1.79. The summed E-state index contributed by atoms with van der Waals surface area (Å²) in [5.74, 6) is 0.772. The van der Waals surface area contributed by atoms with Gasteiger partial charge in [-0.3, -0.25) is 0 Å². The summed E-state index contributed by atoms with van der Waals surface area (Å²) in [4.78, 5) is 0. The minimum Gasteiger partial charge on any atom is -0.465 e. The van der Waals surface area contributed by atoms with Crippen molar-refractivity contribution in [2.45, 2.75) is 24.2 Å². The lowest BCUT2D eigenvalue weighted by Gasteiger charge is -2.18. The Morgan fingerprint density at radius 1 is 1.37 bits per heavy atom. The van der Waals surface area contributed by atoms with Crippen molar-refractivity contribution in [2.24, 2.45) is 0 Å². The van der Waals surface area contributed by atoms with Crippen molar-refractivity contribution in [1.29, 1.82) is 0 Å². The molecule has 0 aliphatic rings. The second-order valence-electron chi connectivity index (χ2n) is 3.55. The smallest absolute Gasteiger partial charge is 0.280 e. The van der Waals surface area contributed by atoms with Crippen molar-refractivity contribution >= 4 is 46.4 Å². The van der Waals surface area contributed by atoms with Crippen LogP contribution in [-0.2, 0) is 0 Å². The van der Waals surface area contributed by atoms with Crippen molar-refractivity contribution in [3.63, 3.8) is 0 Å². The maximum atomic E-state index is 9.39. The molecular formula is C12H12Cl4O3. The molecule has 1 atom stereocenters. The molecular weight excluding hydrogens is 334 g/mol. The van der Waals surface area contributed by atoms with E-state index in [1.165, 1.54) is 6.07 Å². The fourth-order valence-corrected chi connectivity index (χ4v) is 2.09. The Bertz CT molecular complexity index is 444. The zero-order valence-corrected chi connectivity index (χ0v) is 13.0. The van der Waals surface area contributed by atoms with Crippen LogP contribution in [0.25, 0.3) is 0 Å². The first-order valence-electron chi connectivity index (χ1n) is 5.38. The van der Waals surface area contributed by atoms with E-state index in [0.29, 0.717) is 17.9 Å². The van der Waals surface area contributed by atoms with E-state index >= 15 is 0 Å². The minimum absolute atomic E-state index is 0.112. The SMILES string of the molecule is CCC(O)Oc1cccc(OC(Cl)(Cl)C=C(Cl)Cl)c1. The van der Waals surface area contributed by atoms with Gasteiger partial charge >= 0.3 is 0 Å². The third kappa shape index (κ3) is 6.59. The standard InChI is InChI=1S/C12H12Cl4O3/c1-2-11(17)18-8-4-3-5-9(6-8)19-12(15,16)7-10(13)14/h3-7,11,17H,2H2,1H3. The summed E-state index contributed by atoms with van der Waals surface area (Å²) in [6.07, 6.45) is 0.710. The van der Waals surface area contributed by atoms with Crippen molar-refractivity contribution in [1.82, 2.24) is 0 Å². The van der Waals surface area contributed by atoms with E-state index in [-0.39, 0.29) is 4.49 Å². The van der Waals surface area contributed by atoms with Gasteiger partial charge in [-0.25, -0.2) is 0 Å². The summed E-state index contributed by atoms with van der Waals surface area (Å²) in [5.41, 5.74) is 0. The largest absolute Gasteiger partial charge is 0.465 e. The summed E-state index contributed by atoms with van der Waals surface area (Å²) in [7, 11) is 0. The Morgan fingerprint density at radius 3 is 2.58 bits per heavy atom. The van der Waals surface area contributed by atoms with Crippen molar-refractivity contribution in [3.05, 3.63) is 34.8 Å². The number of aliphatic hydroxyl groups excluding tert-OH is 1. The highest BCUT2D eigenvalue weighted by Gasteiger charge is 2.24. The number of halogens is 4. The zero-order valence-electron chi connectivity index (χ0n) is 9.95. The van der Waals surface area contributed by atoms with Crippen LogP contribution in [0.1, 0.15) is 13.3 Å². The lowest BCUT2D eigenvalue weighted by Crippen LogP contribution is -2.19. The Balaban J connectivity index is 2.80. The van der Waals surface area contributed by atoms with Gasteiger partial charge in [-0.2, -0.15) is 0 Å². The van der Waals surface area contributed by atoms with E-state index in [0.717, 1.165) is 6.08 Å². The van der Waals surface area contributed by atoms with Crippen LogP contribution < -0.4 is 9.47 Å². The van der Waals surface area contributed by atoms with Gasteiger partial charge in [-0.15, -0.1) is 0 Å². The van der Waals surface area contributed by atoms with Crippen LogP contribution >= 0.6 is 46.4 Å². The first kappa shape index (κ1) is 16.7. The van der Waals surface area contributed by atoms with Crippen molar-refractivity contribution < 1.29 is 14.6 Å². The molecule has 1 aromatic rings. The molecule has 1 rings (SSSR count). The van der Waals surface area contributed by atoms with E-state index in [2.05, 4.69) is 0 Å². The fourth-order valence-electron chi connectivity index (χ4n) is 1.17. The number of hydrogen-bond donors (Lipinski definition) is 1. The van der Waals surface area contributed by atoms with E-state index in [1.807, 2.05) is 0 Å². The van der Waals surface area contributed by atoms with Crippen LogP contribution in [0, 0.1) is 0 Å². The predicted molar refractivity (Wildman–Crippen MR) is 78.2 cm³/mol. The number of hydrogen-bond acceptors (Lipinski definition) is 3. The molecule has 0 radical (unpaired) electrons. The summed E-state index contributed by atoms with van der Waals surface area (Å²) < 4.78 is 8.71. The molecule has 0 aliphatic carbocycles. The molecule has 3 nitrogen and oxygen atoms in total. The van der Waals surface area contributed by atoms with Gasteiger partial charge < -0.3 is 14.6 Å². The average molecular weight is 346 g/mol. The highest BCUT2D eigenvalue weighted by molar-refractivity contribution is 6.57. The van der Waals surface area contributed by atoms with Crippen molar-refractivity contribution in [2.75, 3.05) is 0 Å². The molecule has 7 heteroatoms. The van der Waals surface area contributed by atoms with Gasteiger partial charge in [0.1, 0.15) is 16.0 Å². The van der Waals surface area contributed by atoms with Crippen LogP contribution in [0.3, 0.4) is 0 Å². The molecule has 0 fully saturated rings. The van der Waals surface area contributed by atoms with Crippen LogP contribution in [0.2, 0.25) is 0 Å². The van der Waals surface area contributed by atoms with Crippen molar-refractivity contribution in [3.8, 4) is 11.5 Å². The first-order chi connectivity index (χ1) is 8.82. The maximum Gasteiger partial charge on any atom is 0.280 e. The molecule has 0 spiro atoms. The average Bonchev–Trinajstić information content (AvgIpc) is 2.26.